The summed E-state index contributed by atoms with van der Waals surface area (Å²) >= 11 is 0. The number of benzene rings is 10. The van der Waals surface area contributed by atoms with Crippen molar-refractivity contribution in [3.63, 3.8) is 0 Å². The van der Waals surface area contributed by atoms with Crippen LogP contribution in [0.4, 0.5) is 17.1 Å². The third-order valence-corrected chi connectivity index (χ3v) is 15.1. The van der Waals surface area contributed by atoms with Gasteiger partial charge in [-0.25, -0.2) is 0 Å². The molecular weight excluding hydrogens is 843 g/mol. The lowest BCUT2D eigenvalue weighted by Crippen LogP contribution is -2.28. The Morgan fingerprint density at radius 3 is 1.06 bits per heavy atom. The van der Waals surface area contributed by atoms with E-state index in [1.54, 1.807) is 0 Å². The highest BCUT2D eigenvalue weighted by atomic mass is 15.1. The molecule has 10 aromatic rings. The van der Waals surface area contributed by atoms with Gasteiger partial charge in [0, 0.05) is 17.1 Å². The van der Waals surface area contributed by atoms with E-state index in [0.717, 1.165) is 17.1 Å². The first-order valence-electron chi connectivity index (χ1n) is 24.8. The molecule has 0 saturated carbocycles. The molecule has 0 unspecified atom stereocenters. The Balaban J connectivity index is 0.991. The minimum atomic E-state index is -0.496. The number of anilines is 3. The van der Waals surface area contributed by atoms with Crippen LogP contribution < -0.4 is 4.90 Å². The molecule has 1 spiro atoms. The monoisotopic (exact) mass is 899 g/mol. The molecular formula is C69H57N. The summed E-state index contributed by atoms with van der Waals surface area (Å²) in [4.78, 5) is 2.39. The second-order valence-corrected chi connectivity index (χ2v) is 21.3. The van der Waals surface area contributed by atoms with Gasteiger partial charge in [-0.1, -0.05) is 242 Å². The number of hydrogen-bond acceptors (Lipinski definition) is 1. The van der Waals surface area contributed by atoms with Gasteiger partial charge < -0.3 is 4.90 Å². The maximum absolute atomic E-state index is 2.55. The Morgan fingerprint density at radius 2 is 0.614 bits per heavy atom. The van der Waals surface area contributed by atoms with Gasteiger partial charge in [0.15, 0.2) is 0 Å². The van der Waals surface area contributed by atoms with Crippen molar-refractivity contribution in [2.24, 2.45) is 0 Å². The fourth-order valence-corrected chi connectivity index (χ4v) is 11.4. The van der Waals surface area contributed by atoms with Crippen LogP contribution in [-0.4, -0.2) is 0 Å². The molecule has 0 aliphatic heterocycles. The summed E-state index contributed by atoms with van der Waals surface area (Å²) in [7, 11) is 0. The van der Waals surface area contributed by atoms with Crippen LogP contribution in [0.3, 0.4) is 0 Å². The van der Waals surface area contributed by atoms with Crippen LogP contribution in [0.15, 0.2) is 237 Å². The van der Waals surface area contributed by atoms with E-state index < -0.39 is 5.41 Å². The summed E-state index contributed by atoms with van der Waals surface area (Å²) in [5.41, 5.74) is 26.0. The molecule has 0 radical (unpaired) electrons. The smallest absolute Gasteiger partial charge is 0.0731 e. The molecule has 0 fully saturated rings. The predicted octanol–water partition coefficient (Wildman–Crippen LogP) is 18.8. The zero-order valence-corrected chi connectivity index (χ0v) is 41.0. The summed E-state index contributed by atoms with van der Waals surface area (Å²) in [6.07, 6.45) is 0. The second kappa shape index (κ2) is 16.6. The van der Waals surface area contributed by atoms with Gasteiger partial charge in [-0.3, -0.25) is 0 Å². The highest BCUT2D eigenvalue weighted by Crippen LogP contribution is 2.65. The molecule has 338 valence electrons. The van der Waals surface area contributed by atoms with Gasteiger partial charge in [0.25, 0.3) is 0 Å². The van der Waals surface area contributed by atoms with Crippen LogP contribution in [0.1, 0.15) is 74.9 Å². The fourth-order valence-electron chi connectivity index (χ4n) is 11.4. The number of nitrogens with zero attached hydrogens (tertiary/aromatic N) is 1. The lowest BCUT2D eigenvalue weighted by molar-refractivity contribution is 0.586. The van der Waals surface area contributed by atoms with E-state index in [2.05, 4.69) is 283 Å². The number of rotatable bonds is 7. The van der Waals surface area contributed by atoms with Crippen LogP contribution in [-0.2, 0) is 16.2 Å². The van der Waals surface area contributed by atoms with Crippen LogP contribution >= 0.6 is 0 Å². The molecule has 2 aliphatic rings. The van der Waals surface area contributed by atoms with Crippen molar-refractivity contribution in [1.82, 2.24) is 0 Å². The quantitative estimate of drug-likeness (QED) is 0.154. The Bertz CT molecular complexity index is 3490. The van der Waals surface area contributed by atoms with Crippen molar-refractivity contribution < 1.29 is 0 Å². The van der Waals surface area contributed by atoms with Gasteiger partial charge >= 0.3 is 0 Å². The van der Waals surface area contributed by atoms with Crippen molar-refractivity contribution >= 4 is 17.1 Å². The topological polar surface area (TPSA) is 3.24 Å². The van der Waals surface area contributed by atoms with E-state index in [1.165, 1.54) is 100 Å². The molecule has 2 aliphatic carbocycles. The largest absolute Gasteiger partial charge is 0.311 e. The summed E-state index contributed by atoms with van der Waals surface area (Å²) < 4.78 is 0. The molecule has 0 bridgehead atoms. The normalized spacial score (nSPS) is 13.1. The first-order valence-corrected chi connectivity index (χ1v) is 24.8. The SMILES string of the molecule is CC(C)(C)c1ccc2c(c1)C1(c3cc(C(C)(C)C)ccc3-2)c2ccccc2-c2cccc(-c3ccc(N(c4ccc(-c5ccccc5)cc4)c4ccc(-c5ccc(-c6ccccc6)cc5)cc4)cc3)c21. The first kappa shape index (κ1) is 43.3. The van der Waals surface area contributed by atoms with Gasteiger partial charge in [0.05, 0.1) is 5.41 Å². The van der Waals surface area contributed by atoms with E-state index >= 15 is 0 Å². The predicted molar refractivity (Wildman–Crippen MR) is 297 cm³/mol. The standard InChI is InChI=1S/C69H57N/c1-67(2,3)53-34-42-60-61-43-35-54(68(4,5)6)45-65(61)69(64(60)44-53)63-23-14-13-20-59(63)62-22-15-21-58(66(62)69)52-32-40-57(41-33-52)70(55-36-28-50(29-37-55)47-18-11-8-12-19-47)56-38-30-51(31-39-56)49-26-24-48(25-27-49)46-16-9-7-10-17-46/h7-45H,1-6H3. The van der Waals surface area contributed by atoms with Crippen molar-refractivity contribution in [2.75, 3.05) is 4.90 Å². The molecule has 0 saturated heterocycles. The van der Waals surface area contributed by atoms with Crippen LogP contribution in [0.25, 0.3) is 66.8 Å². The van der Waals surface area contributed by atoms with E-state index in [-0.39, 0.29) is 10.8 Å². The number of fused-ring (bicyclic) bond motifs is 10. The lowest BCUT2D eigenvalue weighted by atomic mass is 9.67. The van der Waals surface area contributed by atoms with E-state index in [9.17, 15) is 0 Å². The summed E-state index contributed by atoms with van der Waals surface area (Å²) in [6.45, 7) is 14.0. The second-order valence-electron chi connectivity index (χ2n) is 21.3. The van der Waals surface area contributed by atoms with Crippen molar-refractivity contribution in [2.45, 2.75) is 57.8 Å². The average Bonchev–Trinajstić information content (AvgIpc) is 3.86. The zero-order valence-electron chi connectivity index (χ0n) is 41.0. The Kier molecular flexibility index (Phi) is 10.3. The molecule has 0 amide bonds. The molecule has 1 nitrogen and oxygen atoms in total. The molecule has 0 N–H and O–H groups in total. The third kappa shape index (κ3) is 7.14. The molecule has 12 rings (SSSR count). The molecule has 70 heavy (non-hydrogen) atoms. The first-order chi connectivity index (χ1) is 34.0. The van der Waals surface area contributed by atoms with Crippen molar-refractivity contribution in [3.05, 3.63) is 270 Å². The van der Waals surface area contributed by atoms with Gasteiger partial charge in [0.2, 0.25) is 0 Å². The highest BCUT2D eigenvalue weighted by Gasteiger charge is 2.53. The molecule has 0 atom stereocenters. The van der Waals surface area contributed by atoms with Crippen LogP contribution in [0.2, 0.25) is 0 Å². The third-order valence-electron chi connectivity index (χ3n) is 15.1. The van der Waals surface area contributed by atoms with Gasteiger partial charge in [-0.05, 0) is 147 Å². The van der Waals surface area contributed by atoms with E-state index in [1.807, 2.05) is 0 Å². The Hall–Kier alpha value is -8.00. The van der Waals surface area contributed by atoms with E-state index in [4.69, 9.17) is 0 Å². The maximum atomic E-state index is 2.55. The van der Waals surface area contributed by atoms with Crippen LogP contribution in [0, 0.1) is 0 Å². The number of hydrogen-bond donors (Lipinski definition) is 0. The summed E-state index contributed by atoms with van der Waals surface area (Å²) in [6, 6.07) is 88.3. The Labute approximate surface area is 414 Å². The maximum Gasteiger partial charge on any atom is 0.0731 e. The minimum Gasteiger partial charge on any atom is -0.311 e. The lowest BCUT2D eigenvalue weighted by Gasteiger charge is -2.34. The Morgan fingerprint density at radius 1 is 0.271 bits per heavy atom. The molecule has 1 heteroatoms. The minimum absolute atomic E-state index is 0.0138. The fraction of sp³-hybridized carbons (Fsp3) is 0.130. The average molecular weight is 900 g/mol. The zero-order chi connectivity index (χ0) is 47.8. The van der Waals surface area contributed by atoms with Gasteiger partial charge in [-0.2, -0.15) is 0 Å². The summed E-state index contributed by atoms with van der Waals surface area (Å²) in [5, 5.41) is 0. The van der Waals surface area contributed by atoms with Crippen molar-refractivity contribution in [1.29, 1.82) is 0 Å². The van der Waals surface area contributed by atoms with Crippen LogP contribution in [0.5, 0.6) is 0 Å². The molecule has 10 aromatic carbocycles. The van der Waals surface area contributed by atoms with Crippen molar-refractivity contribution in [3.8, 4) is 66.8 Å². The molecule has 0 heterocycles. The molecule has 0 aromatic heterocycles. The van der Waals surface area contributed by atoms with Gasteiger partial charge in [-0.15, -0.1) is 0 Å². The van der Waals surface area contributed by atoms with E-state index in [0.29, 0.717) is 0 Å². The van der Waals surface area contributed by atoms with Gasteiger partial charge in [0.1, 0.15) is 0 Å². The highest BCUT2D eigenvalue weighted by molar-refractivity contribution is 5.99. The summed E-state index contributed by atoms with van der Waals surface area (Å²) in [5.74, 6) is 0.